The Hall–Kier alpha value is -1.11. The smallest absolute Gasteiger partial charge is 0.126 e. The van der Waals surface area contributed by atoms with Crippen LogP contribution in [0.1, 0.15) is 30.0 Å². The molecule has 0 fully saturated rings. The number of hydrogen-bond acceptors (Lipinski definition) is 0. The van der Waals surface area contributed by atoms with Crippen molar-refractivity contribution in [3.63, 3.8) is 0 Å². The molecule has 1 aromatic rings. The van der Waals surface area contributed by atoms with Gasteiger partial charge in [-0.15, -0.1) is 0 Å². The third-order valence-corrected chi connectivity index (χ3v) is 2.19. The van der Waals surface area contributed by atoms with E-state index in [-0.39, 0.29) is 5.82 Å². The summed E-state index contributed by atoms with van der Waals surface area (Å²) in [4.78, 5) is 0. The molecule has 0 saturated heterocycles. The van der Waals surface area contributed by atoms with Crippen molar-refractivity contribution in [2.75, 3.05) is 0 Å². The molecular weight excluding hydrogens is 163 g/mol. The maximum Gasteiger partial charge on any atom is 0.126 e. The Bertz CT molecular complexity index is 324. The fraction of sp³-hybridized carbons (Fsp3) is 0.333. The second-order valence-corrected chi connectivity index (χ2v) is 3.21. The van der Waals surface area contributed by atoms with E-state index in [4.69, 9.17) is 0 Å². The molecule has 13 heavy (non-hydrogen) atoms. The third-order valence-electron chi connectivity index (χ3n) is 2.19. The van der Waals surface area contributed by atoms with Gasteiger partial charge in [-0.2, -0.15) is 0 Å². The first-order chi connectivity index (χ1) is 6.16. The molecule has 0 saturated carbocycles. The number of hydrogen-bond donors (Lipinski definition) is 0. The van der Waals surface area contributed by atoms with Crippen LogP contribution in [-0.2, 0) is 0 Å². The van der Waals surface area contributed by atoms with E-state index in [9.17, 15) is 4.39 Å². The first-order valence-corrected chi connectivity index (χ1v) is 4.59. The van der Waals surface area contributed by atoms with Gasteiger partial charge in [-0.1, -0.05) is 25.1 Å². The van der Waals surface area contributed by atoms with Crippen molar-refractivity contribution in [3.8, 4) is 0 Å². The summed E-state index contributed by atoms with van der Waals surface area (Å²) in [7, 11) is 0. The van der Waals surface area contributed by atoms with Gasteiger partial charge in [0.15, 0.2) is 0 Å². The van der Waals surface area contributed by atoms with E-state index in [1.54, 1.807) is 0 Å². The van der Waals surface area contributed by atoms with E-state index in [1.807, 2.05) is 26.0 Å². The van der Waals surface area contributed by atoms with Crippen molar-refractivity contribution in [2.45, 2.75) is 27.2 Å². The van der Waals surface area contributed by atoms with Gasteiger partial charge in [-0.25, -0.2) is 4.39 Å². The van der Waals surface area contributed by atoms with E-state index < -0.39 is 0 Å². The molecule has 0 aliphatic rings. The lowest BCUT2D eigenvalue weighted by Gasteiger charge is -2.05. The minimum atomic E-state index is -0.124. The fourth-order valence-corrected chi connectivity index (χ4v) is 1.33. The van der Waals surface area contributed by atoms with Gasteiger partial charge in [-0.05, 0) is 43.0 Å². The van der Waals surface area contributed by atoms with Crippen LogP contribution >= 0.6 is 0 Å². The summed E-state index contributed by atoms with van der Waals surface area (Å²) in [6.07, 6.45) is 5.03. The molecule has 0 amide bonds. The van der Waals surface area contributed by atoms with Crippen molar-refractivity contribution in [1.29, 1.82) is 0 Å². The van der Waals surface area contributed by atoms with Crippen LogP contribution in [-0.4, -0.2) is 0 Å². The molecule has 0 aliphatic heterocycles. The molecule has 0 radical (unpaired) electrons. The van der Waals surface area contributed by atoms with Crippen LogP contribution in [0.4, 0.5) is 4.39 Å². The Kier molecular flexibility index (Phi) is 3.24. The topological polar surface area (TPSA) is 0 Å². The van der Waals surface area contributed by atoms with Gasteiger partial charge in [0.2, 0.25) is 0 Å². The predicted molar refractivity (Wildman–Crippen MR) is 55.2 cm³/mol. The lowest BCUT2D eigenvalue weighted by atomic mass is 10.0. The van der Waals surface area contributed by atoms with E-state index in [2.05, 4.69) is 13.0 Å². The van der Waals surface area contributed by atoms with Crippen molar-refractivity contribution >= 4 is 6.08 Å². The average molecular weight is 178 g/mol. The van der Waals surface area contributed by atoms with E-state index in [0.717, 1.165) is 23.1 Å². The third kappa shape index (κ3) is 2.18. The molecule has 0 spiro atoms. The fourth-order valence-electron chi connectivity index (χ4n) is 1.33. The molecule has 0 heterocycles. The highest BCUT2D eigenvalue weighted by molar-refractivity contribution is 5.57. The quantitative estimate of drug-likeness (QED) is 0.645. The van der Waals surface area contributed by atoms with Gasteiger partial charge in [0.25, 0.3) is 0 Å². The summed E-state index contributed by atoms with van der Waals surface area (Å²) in [5.74, 6) is -0.124. The van der Waals surface area contributed by atoms with Crippen LogP contribution in [0.15, 0.2) is 18.2 Å². The number of allylic oxidation sites excluding steroid dienone is 1. The summed E-state index contributed by atoms with van der Waals surface area (Å²) in [5.41, 5.74) is 2.88. The van der Waals surface area contributed by atoms with Crippen LogP contribution < -0.4 is 0 Å². The molecule has 0 aromatic heterocycles. The molecule has 1 aromatic carbocycles. The highest BCUT2D eigenvalue weighted by atomic mass is 19.1. The predicted octanol–water partition coefficient (Wildman–Crippen LogP) is 3.87. The molecule has 1 rings (SSSR count). The lowest BCUT2D eigenvalue weighted by molar-refractivity contribution is 0.617. The Labute approximate surface area is 79.1 Å². The Balaban J connectivity index is 3.17. The highest BCUT2D eigenvalue weighted by Gasteiger charge is 2.03. The van der Waals surface area contributed by atoms with Gasteiger partial charge in [0.1, 0.15) is 5.82 Å². The van der Waals surface area contributed by atoms with Crippen LogP contribution in [0.2, 0.25) is 0 Å². The molecule has 0 N–H and O–H groups in total. The van der Waals surface area contributed by atoms with Crippen LogP contribution in [0.3, 0.4) is 0 Å². The average Bonchev–Trinajstić information content (AvgIpc) is 2.12. The summed E-state index contributed by atoms with van der Waals surface area (Å²) in [6, 6.07) is 3.34. The molecule has 70 valence electrons. The highest BCUT2D eigenvalue weighted by Crippen LogP contribution is 2.18. The zero-order chi connectivity index (χ0) is 9.84. The van der Waals surface area contributed by atoms with Crippen LogP contribution in [0.5, 0.6) is 0 Å². The van der Waals surface area contributed by atoms with Crippen LogP contribution in [0.25, 0.3) is 6.08 Å². The summed E-state index contributed by atoms with van der Waals surface area (Å²) in [5, 5.41) is 0. The van der Waals surface area contributed by atoms with E-state index in [0.29, 0.717) is 0 Å². The molecule has 1 heteroatoms. The molecule has 0 aliphatic carbocycles. The Morgan fingerprint density at radius 2 is 2.00 bits per heavy atom. The maximum atomic E-state index is 13.2. The van der Waals surface area contributed by atoms with Gasteiger partial charge in [0, 0.05) is 0 Å². The zero-order valence-electron chi connectivity index (χ0n) is 8.39. The van der Waals surface area contributed by atoms with Gasteiger partial charge in [0.05, 0.1) is 0 Å². The maximum absolute atomic E-state index is 13.2. The minimum Gasteiger partial charge on any atom is -0.207 e. The summed E-state index contributed by atoms with van der Waals surface area (Å²) in [6.45, 7) is 5.89. The first-order valence-electron chi connectivity index (χ1n) is 4.59. The van der Waals surface area contributed by atoms with E-state index in [1.165, 1.54) is 6.07 Å². The molecule has 0 unspecified atom stereocenters. The van der Waals surface area contributed by atoms with Gasteiger partial charge < -0.3 is 0 Å². The SMILES string of the molecule is CC/C=C\c1c(C)ccc(F)c1C. The first kappa shape index (κ1) is 9.97. The summed E-state index contributed by atoms with van der Waals surface area (Å²) >= 11 is 0. The molecular formula is C12H15F. The van der Waals surface area contributed by atoms with Crippen molar-refractivity contribution in [1.82, 2.24) is 0 Å². The Morgan fingerprint density at radius 1 is 1.31 bits per heavy atom. The number of benzene rings is 1. The Morgan fingerprint density at radius 3 is 2.62 bits per heavy atom. The summed E-state index contributed by atoms with van der Waals surface area (Å²) < 4.78 is 13.2. The molecule has 0 nitrogen and oxygen atoms in total. The zero-order valence-corrected chi connectivity index (χ0v) is 8.39. The lowest BCUT2D eigenvalue weighted by Crippen LogP contribution is -1.90. The molecule has 0 atom stereocenters. The van der Waals surface area contributed by atoms with Gasteiger partial charge in [-0.3, -0.25) is 0 Å². The molecule has 0 bridgehead atoms. The second-order valence-electron chi connectivity index (χ2n) is 3.21. The monoisotopic (exact) mass is 178 g/mol. The normalized spacial score (nSPS) is 11.1. The van der Waals surface area contributed by atoms with Crippen LogP contribution in [0, 0.1) is 19.7 Å². The largest absolute Gasteiger partial charge is 0.207 e. The number of aryl methyl sites for hydroxylation is 1. The van der Waals surface area contributed by atoms with Crippen molar-refractivity contribution in [2.24, 2.45) is 0 Å². The van der Waals surface area contributed by atoms with E-state index >= 15 is 0 Å². The van der Waals surface area contributed by atoms with Crippen molar-refractivity contribution < 1.29 is 4.39 Å². The standard InChI is InChI=1S/C12H15F/c1-4-5-6-11-9(2)7-8-12(13)10(11)3/h5-8H,4H2,1-3H3/b6-5-. The number of rotatable bonds is 2. The van der Waals surface area contributed by atoms with Gasteiger partial charge >= 0.3 is 0 Å². The number of halogens is 1. The minimum absolute atomic E-state index is 0.124. The van der Waals surface area contributed by atoms with Crippen molar-refractivity contribution in [3.05, 3.63) is 40.7 Å². The second kappa shape index (κ2) is 4.22.